The van der Waals surface area contributed by atoms with Crippen molar-refractivity contribution in [2.75, 3.05) is 6.61 Å². The number of alkyl halides is 1. The van der Waals surface area contributed by atoms with E-state index >= 15 is 4.39 Å². The SMILES string of the molecule is CC(=O)OCC(=O)[C@@]1(O)C(C)C[C@H]2[C@@H]3C[C@@H](O)C4=CC(=O)C=C[C@]4(C)[C@@]3(F)[C@@H](O)C[C@@]21C. The fourth-order valence-corrected chi connectivity index (χ4v) is 7.46. The minimum absolute atomic E-state index is 0.0305. The molecule has 0 aromatic carbocycles. The van der Waals surface area contributed by atoms with Crippen LogP contribution in [0.3, 0.4) is 0 Å². The number of fused-ring (bicyclic) bond motifs is 5. The largest absolute Gasteiger partial charge is 0.458 e. The van der Waals surface area contributed by atoms with E-state index in [0.29, 0.717) is 6.42 Å². The number of ether oxygens (including phenoxy) is 1. The van der Waals surface area contributed by atoms with E-state index in [4.69, 9.17) is 4.74 Å². The number of halogens is 1. The third kappa shape index (κ3) is 2.66. The van der Waals surface area contributed by atoms with Gasteiger partial charge in [0.25, 0.3) is 0 Å². The van der Waals surface area contributed by atoms with Crippen molar-refractivity contribution in [3.63, 3.8) is 0 Å². The van der Waals surface area contributed by atoms with Crippen LogP contribution in [0.1, 0.15) is 47.0 Å². The van der Waals surface area contributed by atoms with E-state index in [0.717, 1.165) is 0 Å². The lowest BCUT2D eigenvalue weighted by Gasteiger charge is -2.63. The molecule has 0 spiro atoms. The summed E-state index contributed by atoms with van der Waals surface area (Å²) in [5.41, 5.74) is -6.44. The Hall–Kier alpha value is -1.90. The first-order valence-electron chi connectivity index (χ1n) is 11.1. The molecular formula is C24H31FO7. The lowest BCUT2D eigenvalue weighted by Crippen LogP contribution is -2.70. The Morgan fingerprint density at radius 2 is 1.88 bits per heavy atom. The molecule has 0 heterocycles. The summed E-state index contributed by atoms with van der Waals surface area (Å²) < 4.78 is 21.9. The fraction of sp³-hybridized carbons (Fsp3) is 0.708. The van der Waals surface area contributed by atoms with Crippen molar-refractivity contribution in [2.24, 2.45) is 28.6 Å². The number of Topliss-reactive ketones (excluding diaryl/α,β-unsaturated/α-hetero) is 1. The molecule has 0 bridgehead atoms. The summed E-state index contributed by atoms with van der Waals surface area (Å²) in [6.07, 6.45) is 1.41. The van der Waals surface area contributed by atoms with E-state index in [1.807, 2.05) is 0 Å². The second-order valence-corrected chi connectivity index (χ2v) is 10.5. The number of hydrogen-bond acceptors (Lipinski definition) is 7. The van der Waals surface area contributed by atoms with Gasteiger partial charge in [-0.3, -0.25) is 14.4 Å². The number of ketones is 2. The highest BCUT2D eigenvalue weighted by Crippen LogP contribution is 2.70. The van der Waals surface area contributed by atoms with Crippen molar-refractivity contribution >= 4 is 17.5 Å². The van der Waals surface area contributed by atoms with Gasteiger partial charge in [-0.2, -0.15) is 0 Å². The Morgan fingerprint density at radius 3 is 2.50 bits per heavy atom. The molecule has 0 aromatic heterocycles. The number of aliphatic hydroxyl groups is 3. The maximum absolute atomic E-state index is 17.1. The predicted molar refractivity (Wildman–Crippen MR) is 111 cm³/mol. The second kappa shape index (κ2) is 7.05. The van der Waals surface area contributed by atoms with Gasteiger partial charge in [0.05, 0.1) is 12.2 Å². The third-order valence-electron chi connectivity index (χ3n) is 9.08. The van der Waals surface area contributed by atoms with Crippen molar-refractivity contribution in [1.82, 2.24) is 0 Å². The smallest absolute Gasteiger partial charge is 0.303 e. The van der Waals surface area contributed by atoms with Crippen LogP contribution < -0.4 is 0 Å². The van der Waals surface area contributed by atoms with Gasteiger partial charge in [-0.25, -0.2) is 4.39 Å². The second-order valence-electron chi connectivity index (χ2n) is 10.5. The monoisotopic (exact) mass is 450 g/mol. The van der Waals surface area contributed by atoms with Crippen molar-refractivity contribution in [1.29, 1.82) is 0 Å². The highest BCUT2D eigenvalue weighted by Gasteiger charge is 2.76. The molecule has 0 aliphatic heterocycles. The quantitative estimate of drug-likeness (QED) is 0.556. The normalized spacial score (nSPS) is 49.6. The van der Waals surface area contributed by atoms with Gasteiger partial charge in [-0.05, 0) is 55.7 Å². The van der Waals surface area contributed by atoms with E-state index in [9.17, 15) is 29.7 Å². The summed E-state index contributed by atoms with van der Waals surface area (Å²) in [4.78, 5) is 36.2. The summed E-state index contributed by atoms with van der Waals surface area (Å²) in [7, 11) is 0. The van der Waals surface area contributed by atoms with E-state index < -0.39 is 70.4 Å². The number of allylic oxidation sites excluding steroid dienone is 3. The number of rotatable bonds is 3. The third-order valence-corrected chi connectivity index (χ3v) is 9.08. The molecule has 0 amide bonds. The molecule has 9 atom stereocenters. The zero-order valence-electron chi connectivity index (χ0n) is 18.8. The summed E-state index contributed by atoms with van der Waals surface area (Å²) in [6.45, 7) is 5.53. The van der Waals surface area contributed by atoms with Crippen LogP contribution in [0.4, 0.5) is 4.39 Å². The molecular weight excluding hydrogens is 419 g/mol. The average Bonchev–Trinajstić information content (AvgIpc) is 2.91. The van der Waals surface area contributed by atoms with Crippen LogP contribution in [0.15, 0.2) is 23.8 Å². The van der Waals surface area contributed by atoms with Gasteiger partial charge in [0.15, 0.2) is 18.1 Å². The number of esters is 1. The lowest BCUT2D eigenvalue weighted by molar-refractivity contribution is -0.226. The average molecular weight is 451 g/mol. The van der Waals surface area contributed by atoms with E-state index in [2.05, 4.69) is 0 Å². The van der Waals surface area contributed by atoms with Gasteiger partial charge in [-0.1, -0.05) is 19.9 Å². The van der Waals surface area contributed by atoms with Crippen LogP contribution in [-0.4, -0.2) is 62.9 Å². The molecule has 8 heteroatoms. The minimum Gasteiger partial charge on any atom is -0.458 e. The zero-order chi connectivity index (χ0) is 23.9. The topological polar surface area (TPSA) is 121 Å². The highest BCUT2D eigenvalue weighted by molar-refractivity contribution is 6.01. The van der Waals surface area contributed by atoms with Gasteiger partial charge >= 0.3 is 5.97 Å². The van der Waals surface area contributed by atoms with Crippen LogP contribution >= 0.6 is 0 Å². The number of carbonyl (C=O) groups excluding carboxylic acids is 3. The van der Waals surface area contributed by atoms with Crippen LogP contribution in [-0.2, 0) is 19.1 Å². The summed E-state index contributed by atoms with van der Waals surface area (Å²) in [5, 5.41) is 33.8. The summed E-state index contributed by atoms with van der Waals surface area (Å²) >= 11 is 0. The maximum Gasteiger partial charge on any atom is 0.303 e. The molecule has 1 unspecified atom stereocenters. The van der Waals surface area contributed by atoms with Gasteiger partial charge < -0.3 is 20.1 Å². The number of carbonyl (C=O) groups is 3. The van der Waals surface area contributed by atoms with Gasteiger partial charge in [0.2, 0.25) is 5.78 Å². The van der Waals surface area contributed by atoms with Crippen LogP contribution in [0, 0.1) is 28.6 Å². The molecule has 7 nitrogen and oxygen atoms in total. The van der Waals surface area contributed by atoms with Gasteiger partial charge in [0, 0.05) is 23.7 Å². The van der Waals surface area contributed by atoms with E-state index in [1.54, 1.807) is 20.8 Å². The van der Waals surface area contributed by atoms with Gasteiger partial charge in [-0.15, -0.1) is 0 Å². The molecule has 0 saturated heterocycles. The molecule has 3 saturated carbocycles. The first-order chi connectivity index (χ1) is 14.7. The van der Waals surface area contributed by atoms with E-state index in [1.165, 1.54) is 25.2 Å². The first-order valence-corrected chi connectivity index (χ1v) is 11.1. The standard InChI is InChI=1S/C24H31FO7/c1-12-7-15-16-9-18(28)17-8-14(27)5-6-21(17,3)23(16,25)19(29)10-22(15,4)24(12,31)20(30)11-32-13(2)26/h5-6,8,12,15-16,18-19,28-29,31H,7,9-11H2,1-4H3/t12?,15-,16-,18+,19-,21-,22-,23-,24-/m0/s1. The Labute approximate surface area is 186 Å². The fourth-order valence-electron chi connectivity index (χ4n) is 7.46. The Morgan fingerprint density at radius 1 is 1.22 bits per heavy atom. The highest BCUT2D eigenvalue weighted by atomic mass is 19.1. The van der Waals surface area contributed by atoms with Crippen molar-refractivity contribution < 1.29 is 38.8 Å². The van der Waals surface area contributed by atoms with E-state index in [-0.39, 0.29) is 24.2 Å². The van der Waals surface area contributed by atoms with Crippen LogP contribution in [0.25, 0.3) is 0 Å². The summed E-state index contributed by atoms with van der Waals surface area (Å²) in [6, 6.07) is 0. The predicted octanol–water partition coefficient (Wildman–Crippen LogP) is 1.44. The Kier molecular flexibility index (Phi) is 5.12. The van der Waals surface area contributed by atoms with Crippen molar-refractivity contribution in [2.45, 2.75) is 70.4 Å². The number of hydrogen-bond donors (Lipinski definition) is 3. The molecule has 3 N–H and O–H groups in total. The van der Waals surface area contributed by atoms with Crippen LogP contribution in [0.2, 0.25) is 0 Å². The molecule has 3 fully saturated rings. The zero-order valence-corrected chi connectivity index (χ0v) is 18.8. The lowest BCUT2D eigenvalue weighted by atomic mass is 9.44. The Balaban J connectivity index is 1.79. The van der Waals surface area contributed by atoms with Crippen LogP contribution in [0.5, 0.6) is 0 Å². The molecule has 4 aliphatic rings. The molecule has 176 valence electrons. The molecule has 4 aliphatic carbocycles. The summed E-state index contributed by atoms with van der Waals surface area (Å²) in [5.74, 6) is -3.60. The molecule has 0 aromatic rings. The van der Waals surface area contributed by atoms with Crippen molar-refractivity contribution in [3.8, 4) is 0 Å². The number of aliphatic hydroxyl groups excluding tert-OH is 2. The molecule has 4 rings (SSSR count). The first kappa shape index (κ1) is 23.3. The molecule has 0 radical (unpaired) electrons. The van der Waals surface area contributed by atoms with Crippen molar-refractivity contribution in [3.05, 3.63) is 23.8 Å². The maximum atomic E-state index is 17.1. The minimum atomic E-state index is -2.19. The molecule has 32 heavy (non-hydrogen) atoms. The van der Waals surface area contributed by atoms with Gasteiger partial charge in [0.1, 0.15) is 5.60 Å². The Bertz CT molecular complexity index is 943.